The van der Waals surface area contributed by atoms with E-state index in [2.05, 4.69) is 22.8 Å². The van der Waals surface area contributed by atoms with Crippen molar-refractivity contribution >= 4 is 18.0 Å². The number of carbonyl (C=O) groups is 2. The number of para-hydroxylation sites is 1. The van der Waals surface area contributed by atoms with Gasteiger partial charge >= 0.3 is 0 Å². The number of methoxy groups -OCH3 is 1. The lowest BCUT2D eigenvalue weighted by atomic mass is 10.1. The summed E-state index contributed by atoms with van der Waals surface area (Å²) in [5, 5.41) is 11.4. The number of nitrogens with one attached hydrogen (secondary N) is 2. The topological polar surface area (TPSA) is 107 Å². The van der Waals surface area contributed by atoms with Crippen molar-refractivity contribution in [2.24, 2.45) is 5.10 Å². The van der Waals surface area contributed by atoms with Gasteiger partial charge in [0, 0.05) is 22.9 Å². The smallest absolute Gasteiger partial charge is 0.259 e. The largest absolute Gasteiger partial charge is 0.497 e. The quantitative estimate of drug-likeness (QED) is 0.160. The number of nitrogens with zero attached hydrogens (tertiary/aromatic N) is 3. The molecule has 0 atom stereocenters. The molecule has 3 aromatic carbocycles. The number of benzene rings is 3. The Balaban J connectivity index is 1.37. The lowest BCUT2D eigenvalue weighted by molar-refractivity contribution is -0.120. The van der Waals surface area contributed by atoms with E-state index in [0.29, 0.717) is 29.2 Å². The van der Waals surface area contributed by atoms with E-state index in [1.165, 1.54) is 6.21 Å². The number of rotatable bonds is 12. The molecule has 0 aliphatic carbocycles. The molecule has 0 aliphatic rings. The van der Waals surface area contributed by atoms with Crippen molar-refractivity contribution < 1.29 is 19.1 Å². The summed E-state index contributed by atoms with van der Waals surface area (Å²) in [6.45, 7) is 2.51. The van der Waals surface area contributed by atoms with Crippen molar-refractivity contribution in [3.8, 4) is 28.4 Å². The molecule has 9 heteroatoms. The average molecular weight is 526 g/mol. The van der Waals surface area contributed by atoms with Gasteiger partial charge in [-0.1, -0.05) is 31.5 Å². The highest BCUT2D eigenvalue weighted by molar-refractivity contribution is 5.96. The molecular weight excluding hydrogens is 494 g/mol. The second kappa shape index (κ2) is 13.6. The van der Waals surface area contributed by atoms with Crippen molar-refractivity contribution in [3.63, 3.8) is 0 Å². The second-order valence-corrected chi connectivity index (χ2v) is 8.64. The summed E-state index contributed by atoms with van der Waals surface area (Å²) in [6, 6.07) is 24.0. The zero-order chi connectivity index (χ0) is 27.5. The fourth-order valence-electron chi connectivity index (χ4n) is 3.68. The van der Waals surface area contributed by atoms with Gasteiger partial charge in [0.1, 0.15) is 17.2 Å². The highest BCUT2D eigenvalue weighted by Gasteiger charge is 2.12. The van der Waals surface area contributed by atoms with E-state index in [-0.39, 0.29) is 12.5 Å². The van der Waals surface area contributed by atoms with Crippen LogP contribution in [0.15, 0.2) is 90.2 Å². The molecule has 0 spiro atoms. The van der Waals surface area contributed by atoms with Gasteiger partial charge in [0.05, 0.1) is 32.2 Å². The summed E-state index contributed by atoms with van der Waals surface area (Å²) in [6.07, 6.45) is 5.39. The van der Waals surface area contributed by atoms with Crippen molar-refractivity contribution in [2.45, 2.75) is 19.8 Å². The van der Waals surface area contributed by atoms with Gasteiger partial charge in [-0.2, -0.15) is 10.2 Å². The van der Waals surface area contributed by atoms with E-state index in [0.717, 1.165) is 29.8 Å². The van der Waals surface area contributed by atoms with Crippen molar-refractivity contribution in [3.05, 3.63) is 96.2 Å². The molecule has 1 heterocycles. The molecule has 4 rings (SSSR count). The minimum Gasteiger partial charge on any atom is -0.497 e. The molecule has 0 unspecified atom stereocenters. The maximum Gasteiger partial charge on any atom is 0.259 e. The Morgan fingerprint density at radius 3 is 2.38 bits per heavy atom. The van der Waals surface area contributed by atoms with Gasteiger partial charge in [0.15, 0.2) is 0 Å². The highest BCUT2D eigenvalue weighted by Crippen LogP contribution is 2.25. The average Bonchev–Trinajstić information content (AvgIpc) is 3.41. The number of amides is 2. The minimum atomic E-state index is -0.458. The van der Waals surface area contributed by atoms with Crippen LogP contribution < -0.4 is 20.2 Å². The first-order valence-corrected chi connectivity index (χ1v) is 12.7. The number of aromatic nitrogens is 2. The Bertz CT molecular complexity index is 1400. The van der Waals surface area contributed by atoms with Crippen LogP contribution in [0.5, 0.6) is 11.5 Å². The summed E-state index contributed by atoms with van der Waals surface area (Å²) in [7, 11) is 1.61. The fraction of sp³-hybridized carbons (Fsp3) is 0.200. The lowest BCUT2D eigenvalue weighted by Gasteiger charge is -2.07. The third-order valence-electron chi connectivity index (χ3n) is 5.81. The normalized spacial score (nSPS) is 10.8. The summed E-state index contributed by atoms with van der Waals surface area (Å²) in [5.74, 6) is 0.624. The number of unbranched alkanes of at least 4 members (excludes halogenated alkanes) is 1. The van der Waals surface area contributed by atoms with Gasteiger partial charge in [0.2, 0.25) is 0 Å². The number of hydrogen-bond donors (Lipinski definition) is 2. The zero-order valence-corrected chi connectivity index (χ0v) is 22.0. The molecule has 0 fully saturated rings. The van der Waals surface area contributed by atoms with Gasteiger partial charge in [-0.25, -0.2) is 10.1 Å². The Kier molecular flexibility index (Phi) is 9.44. The van der Waals surface area contributed by atoms with Crippen LogP contribution in [0, 0.1) is 0 Å². The summed E-state index contributed by atoms with van der Waals surface area (Å²) < 4.78 is 12.6. The van der Waals surface area contributed by atoms with E-state index in [1.54, 1.807) is 36.1 Å². The molecular formula is C30H31N5O4. The summed E-state index contributed by atoms with van der Waals surface area (Å²) in [5.41, 5.74) is 6.05. The van der Waals surface area contributed by atoms with Crippen LogP contribution in [0.4, 0.5) is 0 Å². The van der Waals surface area contributed by atoms with Crippen LogP contribution in [0.2, 0.25) is 0 Å². The molecule has 39 heavy (non-hydrogen) atoms. The molecule has 2 amide bonds. The first-order valence-electron chi connectivity index (χ1n) is 12.7. The maximum absolute atomic E-state index is 12.4. The molecule has 1 aromatic heterocycles. The van der Waals surface area contributed by atoms with E-state index in [1.807, 2.05) is 60.8 Å². The van der Waals surface area contributed by atoms with E-state index >= 15 is 0 Å². The van der Waals surface area contributed by atoms with Crippen LogP contribution in [0.1, 0.15) is 35.7 Å². The van der Waals surface area contributed by atoms with Gasteiger partial charge in [0.25, 0.3) is 11.8 Å². The SMILES string of the molecule is CCCCOc1ccc(C(=O)NCC(=O)N/N=C\c2cn(-c3ccccc3)nc2-c2ccc(OC)cc2)cc1. The van der Waals surface area contributed by atoms with Crippen molar-refractivity contribution in [2.75, 3.05) is 20.3 Å². The Hall–Kier alpha value is -4.92. The van der Waals surface area contributed by atoms with Crippen LogP contribution in [0.3, 0.4) is 0 Å². The van der Waals surface area contributed by atoms with Gasteiger partial charge in [-0.05, 0) is 67.1 Å². The van der Waals surface area contributed by atoms with Gasteiger partial charge < -0.3 is 14.8 Å². The number of hydrogen-bond acceptors (Lipinski definition) is 6. The fourth-order valence-corrected chi connectivity index (χ4v) is 3.68. The Morgan fingerprint density at radius 1 is 0.974 bits per heavy atom. The number of ether oxygens (including phenoxy) is 2. The predicted molar refractivity (Wildman–Crippen MR) is 150 cm³/mol. The standard InChI is InChI=1S/C30H31N5O4/c1-3-4-18-39-27-16-12-23(13-17-27)30(37)31-20-28(36)33-32-19-24-21-35(25-8-6-5-7-9-25)34-29(24)22-10-14-26(38-2)15-11-22/h5-17,19,21H,3-4,18,20H2,1-2H3,(H,31,37)(H,33,36)/b32-19-. The molecule has 0 bridgehead atoms. The van der Waals surface area contributed by atoms with Crippen molar-refractivity contribution in [1.29, 1.82) is 0 Å². The van der Waals surface area contributed by atoms with Gasteiger partial charge in [-0.3, -0.25) is 9.59 Å². The zero-order valence-electron chi connectivity index (χ0n) is 22.0. The molecule has 4 aromatic rings. The Labute approximate surface area is 227 Å². The molecule has 0 radical (unpaired) electrons. The van der Waals surface area contributed by atoms with E-state index in [9.17, 15) is 9.59 Å². The first kappa shape index (κ1) is 27.1. The first-order chi connectivity index (χ1) is 19.1. The maximum atomic E-state index is 12.4. The minimum absolute atomic E-state index is 0.223. The summed E-state index contributed by atoms with van der Waals surface area (Å²) in [4.78, 5) is 24.7. The molecule has 0 saturated carbocycles. The monoisotopic (exact) mass is 525 g/mol. The number of carbonyl (C=O) groups excluding carboxylic acids is 2. The third kappa shape index (κ3) is 7.54. The van der Waals surface area contributed by atoms with Crippen molar-refractivity contribution in [1.82, 2.24) is 20.5 Å². The molecule has 0 saturated heterocycles. The number of hydrazone groups is 1. The molecule has 2 N–H and O–H groups in total. The lowest BCUT2D eigenvalue weighted by Crippen LogP contribution is -2.34. The molecule has 200 valence electrons. The second-order valence-electron chi connectivity index (χ2n) is 8.64. The van der Waals surface area contributed by atoms with Crippen LogP contribution in [0.25, 0.3) is 16.9 Å². The predicted octanol–water partition coefficient (Wildman–Crippen LogP) is 4.61. The van der Waals surface area contributed by atoms with E-state index < -0.39 is 5.91 Å². The van der Waals surface area contributed by atoms with Gasteiger partial charge in [-0.15, -0.1) is 0 Å². The van der Waals surface area contributed by atoms with Crippen LogP contribution in [-0.2, 0) is 4.79 Å². The third-order valence-corrected chi connectivity index (χ3v) is 5.81. The van der Waals surface area contributed by atoms with E-state index in [4.69, 9.17) is 14.6 Å². The molecule has 0 aliphatic heterocycles. The van der Waals surface area contributed by atoms with Crippen LogP contribution >= 0.6 is 0 Å². The van der Waals surface area contributed by atoms with Crippen LogP contribution in [-0.4, -0.2) is 48.1 Å². The highest BCUT2D eigenvalue weighted by atomic mass is 16.5. The molecule has 9 nitrogen and oxygen atoms in total. The summed E-state index contributed by atoms with van der Waals surface area (Å²) >= 11 is 0. The Morgan fingerprint density at radius 2 is 1.69 bits per heavy atom.